The van der Waals surface area contributed by atoms with Gasteiger partial charge in [-0.15, -0.1) is 0 Å². The number of rotatable bonds is 6. The Bertz CT molecular complexity index is 328. The summed E-state index contributed by atoms with van der Waals surface area (Å²) in [5, 5.41) is 0. The predicted molar refractivity (Wildman–Crippen MR) is 94.1 cm³/mol. The molecule has 6 nitrogen and oxygen atoms in total. The third-order valence-electron chi connectivity index (χ3n) is 1.66. The molecule has 6 N–H and O–H groups in total. The topological polar surface area (TPSA) is 129 Å². The highest BCUT2D eigenvalue weighted by molar-refractivity contribution is 5.91. The fraction of sp³-hybridized carbons (Fsp3) is 0.400. The van der Waals surface area contributed by atoms with E-state index in [2.05, 4.69) is 0 Å². The van der Waals surface area contributed by atoms with E-state index in [1.54, 1.807) is 39.0 Å². The minimum absolute atomic E-state index is 0. The number of allylic oxidation sites excluding steroid dienone is 3. The lowest BCUT2D eigenvalue weighted by molar-refractivity contribution is -0.114. The van der Waals surface area contributed by atoms with Crippen molar-refractivity contribution in [3.05, 3.63) is 36.5 Å². The van der Waals surface area contributed by atoms with Gasteiger partial charge in [0.1, 0.15) is 0 Å². The largest absolute Gasteiger partial charge is 0.324 e. The van der Waals surface area contributed by atoms with E-state index in [0.29, 0.717) is 0 Å². The van der Waals surface area contributed by atoms with Crippen LogP contribution in [0.4, 0.5) is 14.1 Å². The van der Waals surface area contributed by atoms with Crippen molar-refractivity contribution in [2.24, 2.45) is 17.2 Å². The summed E-state index contributed by atoms with van der Waals surface area (Å²) >= 11 is 0. The molecule has 0 heterocycles. The van der Waals surface area contributed by atoms with E-state index in [4.69, 9.17) is 17.2 Å². The monoisotopic (exact) mass is 357 g/mol. The van der Waals surface area contributed by atoms with Gasteiger partial charge in [0.2, 0.25) is 0 Å². The van der Waals surface area contributed by atoms with Crippen LogP contribution < -0.4 is 17.2 Å². The number of halogens is 3. The third-order valence-corrected chi connectivity index (χ3v) is 1.66. The van der Waals surface area contributed by atoms with Gasteiger partial charge >= 0.3 is 0 Å². The van der Waals surface area contributed by atoms with Gasteiger partial charge < -0.3 is 17.2 Å². The summed E-state index contributed by atoms with van der Waals surface area (Å²) in [6.07, 6.45) is 9.40. The average molecular weight is 357 g/mol. The minimum atomic E-state index is -0.0255. The Kier molecular flexibility index (Phi) is 51.6. The molecule has 0 fully saturated rings. The van der Waals surface area contributed by atoms with Gasteiger partial charge in [0.25, 0.3) is 0 Å². The Morgan fingerprint density at radius 1 is 0.583 bits per heavy atom. The molecule has 0 aromatic rings. The van der Waals surface area contributed by atoms with Crippen molar-refractivity contribution >= 4 is 17.3 Å². The predicted octanol–water partition coefficient (Wildman–Crippen LogP) is 0.728. The molecule has 9 heteroatoms. The van der Waals surface area contributed by atoms with Gasteiger partial charge in [0.15, 0.2) is 17.3 Å². The van der Waals surface area contributed by atoms with Crippen LogP contribution in [0.25, 0.3) is 0 Å². The zero-order chi connectivity index (χ0) is 17.1. The van der Waals surface area contributed by atoms with Crippen LogP contribution in [0.15, 0.2) is 36.5 Å². The number of hydrogen-bond acceptors (Lipinski definition) is 6. The van der Waals surface area contributed by atoms with Gasteiger partial charge in [-0.05, 0) is 39.0 Å². The van der Waals surface area contributed by atoms with Crippen LogP contribution in [0, 0.1) is 0 Å². The number of carbonyl (C=O) groups is 3. The van der Waals surface area contributed by atoms with Gasteiger partial charge in [-0.25, -0.2) is 0 Å². The summed E-state index contributed by atoms with van der Waals surface area (Å²) in [5.41, 5.74) is 14.9. The van der Waals surface area contributed by atoms with Crippen LogP contribution in [-0.4, -0.2) is 37.0 Å². The quantitative estimate of drug-likeness (QED) is 0.601. The van der Waals surface area contributed by atoms with E-state index >= 15 is 0 Å². The summed E-state index contributed by atoms with van der Waals surface area (Å²) < 4.78 is 0. The maximum atomic E-state index is 10.2. The molecule has 0 atom stereocenters. The molecular weight excluding hydrogens is 327 g/mol. The first-order valence-electron chi connectivity index (χ1n) is 6.50. The Morgan fingerprint density at radius 2 is 0.750 bits per heavy atom. The molecule has 0 saturated heterocycles. The van der Waals surface area contributed by atoms with Gasteiger partial charge in [-0.3, -0.25) is 28.5 Å². The maximum absolute atomic E-state index is 10.2. The Hall–Kier alpha value is -2.10. The SMILES string of the molecule is C/C=C/C(=O)CN.C/C=C/C(=O)CN.C/C=C/C(=O)CN.F.F.F. The Morgan fingerprint density at radius 3 is 0.792 bits per heavy atom. The molecule has 0 saturated carbocycles. The van der Waals surface area contributed by atoms with Gasteiger partial charge in [0, 0.05) is 0 Å². The average Bonchev–Trinajstić information content (AvgIpc) is 2.49. The van der Waals surface area contributed by atoms with Crippen LogP contribution in [0.1, 0.15) is 20.8 Å². The number of carbonyl (C=O) groups excluding carboxylic acids is 3. The molecule has 0 rings (SSSR count). The summed E-state index contributed by atoms with van der Waals surface area (Å²) in [5.74, 6) is -0.0764. The van der Waals surface area contributed by atoms with Crippen molar-refractivity contribution < 1.29 is 28.5 Å². The highest BCUT2D eigenvalue weighted by Gasteiger charge is 1.85. The standard InChI is InChI=1S/3C5H9NO.3FH/c3*1-2-3-5(7)4-6;;;/h3*2-3H,4,6H2,1H3;3*1H/b3*3-2+;;;. The molecular formula is C15H30F3N3O3. The Labute approximate surface area is 140 Å². The van der Waals surface area contributed by atoms with Gasteiger partial charge in [-0.1, -0.05) is 18.2 Å². The van der Waals surface area contributed by atoms with Crippen molar-refractivity contribution in [2.75, 3.05) is 19.6 Å². The summed E-state index contributed by atoms with van der Waals surface area (Å²) in [6, 6.07) is 0. The van der Waals surface area contributed by atoms with Gasteiger partial charge in [0.05, 0.1) is 19.6 Å². The highest BCUT2D eigenvalue weighted by atomic mass is 19.0. The summed E-state index contributed by atoms with van der Waals surface area (Å²) in [4.78, 5) is 30.6. The normalized spacial score (nSPS) is 8.75. The van der Waals surface area contributed by atoms with E-state index in [1.165, 1.54) is 18.2 Å². The lowest BCUT2D eigenvalue weighted by Crippen LogP contribution is -2.09. The van der Waals surface area contributed by atoms with Gasteiger partial charge in [-0.2, -0.15) is 0 Å². The van der Waals surface area contributed by atoms with Crippen LogP contribution >= 0.6 is 0 Å². The van der Waals surface area contributed by atoms with Crippen LogP contribution in [-0.2, 0) is 14.4 Å². The molecule has 0 aliphatic carbocycles. The van der Waals surface area contributed by atoms with Crippen molar-refractivity contribution in [1.29, 1.82) is 0 Å². The van der Waals surface area contributed by atoms with E-state index < -0.39 is 0 Å². The number of nitrogens with two attached hydrogens (primary N) is 3. The molecule has 24 heavy (non-hydrogen) atoms. The molecule has 144 valence electrons. The fourth-order valence-corrected chi connectivity index (χ4v) is 0.762. The first-order chi connectivity index (χ1) is 9.92. The molecule has 0 spiro atoms. The summed E-state index contributed by atoms with van der Waals surface area (Å²) in [7, 11) is 0. The summed E-state index contributed by atoms with van der Waals surface area (Å²) in [6.45, 7) is 5.70. The van der Waals surface area contributed by atoms with Crippen LogP contribution in [0.2, 0.25) is 0 Å². The molecule has 0 radical (unpaired) electrons. The first-order valence-corrected chi connectivity index (χ1v) is 6.50. The van der Waals surface area contributed by atoms with Crippen LogP contribution in [0.3, 0.4) is 0 Å². The molecule has 0 aliphatic heterocycles. The maximum Gasteiger partial charge on any atom is 0.168 e. The lowest BCUT2D eigenvalue weighted by Gasteiger charge is -1.79. The second-order valence-corrected chi connectivity index (χ2v) is 3.51. The van der Waals surface area contributed by atoms with Crippen molar-refractivity contribution in [2.45, 2.75) is 20.8 Å². The lowest BCUT2D eigenvalue weighted by atomic mass is 10.4. The van der Waals surface area contributed by atoms with Crippen molar-refractivity contribution in [3.63, 3.8) is 0 Å². The molecule has 0 aliphatic rings. The number of hydrogen-bond donors (Lipinski definition) is 3. The van der Waals surface area contributed by atoms with Crippen molar-refractivity contribution in [3.8, 4) is 0 Å². The van der Waals surface area contributed by atoms with E-state index in [9.17, 15) is 14.4 Å². The van der Waals surface area contributed by atoms with Crippen molar-refractivity contribution in [1.82, 2.24) is 0 Å². The molecule has 0 aromatic heterocycles. The Balaban J connectivity index is -0.0000000476. The zero-order valence-electron chi connectivity index (χ0n) is 14.3. The third kappa shape index (κ3) is 42.7. The molecule has 0 bridgehead atoms. The second-order valence-electron chi connectivity index (χ2n) is 3.51. The second kappa shape index (κ2) is 32.7. The van der Waals surface area contributed by atoms with E-state index in [-0.39, 0.29) is 51.1 Å². The zero-order valence-corrected chi connectivity index (χ0v) is 14.3. The van der Waals surface area contributed by atoms with E-state index in [1.807, 2.05) is 0 Å². The highest BCUT2D eigenvalue weighted by Crippen LogP contribution is 1.70. The molecule has 0 aromatic carbocycles. The minimum Gasteiger partial charge on any atom is -0.324 e. The molecule has 0 amide bonds. The van der Waals surface area contributed by atoms with E-state index in [0.717, 1.165) is 0 Å². The molecule has 0 unspecified atom stereocenters. The fourth-order valence-electron chi connectivity index (χ4n) is 0.762. The smallest absolute Gasteiger partial charge is 0.168 e. The number of ketones is 3. The first kappa shape index (κ1) is 37.8. The van der Waals surface area contributed by atoms with Crippen LogP contribution in [0.5, 0.6) is 0 Å².